The molecule has 1 aliphatic rings. The van der Waals surface area contributed by atoms with E-state index in [0.29, 0.717) is 32.1 Å². The molecule has 0 radical (unpaired) electrons. The van der Waals surface area contributed by atoms with Gasteiger partial charge in [-0.2, -0.15) is 0 Å². The molecule has 0 N–H and O–H groups in total. The Bertz CT molecular complexity index is 1840. The van der Waals surface area contributed by atoms with Crippen molar-refractivity contribution in [2.75, 3.05) is 13.7 Å². The van der Waals surface area contributed by atoms with E-state index in [1.807, 2.05) is 24.3 Å². The van der Waals surface area contributed by atoms with Crippen LogP contribution in [0.5, 0.6) is 11.5 Å². The van der Waals surface area contributed by atoms with Gasteiger partial charge < -0.3 is 14.2 Å². The van der Waals surface area contributed by atoms with E-state index < -0.39 is 16.9 Å². The lowest BCUT2D eigenvalue weighted by Crippen LogP contribution is -2.39. The number of esters is 1. The Morgan fingerprint density at radius 2 is 1.71 bits per heavy atom. The molecule has 42 heavy (non-hydrogen) atoms. The smallest absolute Gasteiger partial charge is 0.338 e. The van der Waals surface area contributed by atoms with E-state index in [-0.39, 0.29) is 24.5 Å². The number of methoxy groups -OCH3 is 1. The van der Waals surface area contributed by atoms with Crippen molar-refractivity contribution in [3.8, 4) is 11.5 Å². The molecule has 10 nitrogen and oxygen atoms in total. The van der Waals surface area contributed by atoms with Gasteiger partial charge in [-0.05, 0) is 73.0 Å². The van der Waals surface area contributed by atoms with Crippen LogP contribution in [0.25, 0.3) is 6.08 Å². The average Bonchev–Trinajstić information content (AvgIpc) is 3.30. The maximum Gasteiger partial charge on any atom is 0.338 e. The molecule has 5 rings (SSSR count). The van der Waals surface area contributed by atoms with Crippen molar-refractivity contribution in [2.45, 2.75) is 26.5 Å². The Morgan fingerprint density at radius 3 is 2.33 bits per heavy atom. The topological polar surface area (TPSA) is 122 Å². The van der Waals surface area contributed by atoms with Gasteiger partial charge in [0.15, 0.2) is 4.80 Å². The number of allylic oxidation sites excluding steroid dienone is 1. The predicted octanol–water partition coefficient (Wildman–Crippen LogP) is 4.29. The Hall–Kier alpha value is -5.03. The molecule has 4 aromatic rings. The van der Waals surface area contributed by atoms with Gasteiger partial charge in [0.05, 0.1) is 40.5 Å². The molecule has 1 aromatic heterocycles. The van der Waals surface area contributed by atoms with E-state index in [1.54, 1.807) is 68.0 Å². The molecule has 0 bridgehead atoms. The second-order valence-corrected chi connectivity index (χ2v) is 10.4. The summed E-state index contributed by atoms with van der Waals surface area (Å²) in [6, 6.07) is 20.0. The fraction of sp³-hybridized carbons (Fsp3) is 0.194. The van der Waals surface area contributed by atoms with Crippen LogP contribution in [0.1, 0.15) is 36.6 Å². The van der Waals surface area contributed by atoms with Crippen molar-refractivity contribution < 1.29 is 23.9 Å². The zero-order valence-corrected chi connectivity index (χ0v) is 23.9. The van der Waals surface area contributed by atoms with Gasteiger partial charge in [0.2, 0.25) is 0 Å². The zero-order valence-electron chi connectivity index (χ0n) is 23.1. The summed E-state index contributed by atoms with van der Waals surface area (Å²) in [4.78, 5) is 42.3. The van der Waals surface area contributed by atoms with Crippen LogP contribution in [0.4, 0.5) is 5.69 Å². The molecule has 1 atom stereocenters. The van der Waals surface area contributed by atoms with Gasteiger partial charge in [0.1, 0.15) is 18.1 Å². The Kier molecular flexibility index (Phi) is 8.30. The second-order valence-electron chi connectivity index (χ2n) is 9.36. The first-order chi connectivity index (χ1) is 20.3. The number of thiazole rings is 1. The van der Waals surface area contributed by atoms with E-state index in [4.69, 9.17) is 14.2 Å². The number of hydrogen-bond donors (Lipinski definition) is 0. The lowest BCUT2D eigenvalue weighted by atomic mass is 9.96. The van der Waals surface area contributed by atoms with Crippen LogP contribution in [-0.2, 0) is 16.1 Å². The third-order valence-corrected chi connectivity index (χ3v) is 7.66. The SMILES string of the molecule is CCOC(=O)C1=C(C)N=c2s/c(=C/c3ccc(OCc4ccc([N+](=O)[O-])cc4)cc3)c(=O)n2C1c1ccc(OC)cc1. The summed E-state index contributed by atoms with van der Waals surface area (Å²) in [5.74, 6) is 0.754. The highest BCUT2D eigenvalue weighted by atomic mass is 32.1. The molecule has 214 valence electrons. The number of nitro benzene ring substituents is 1. The molecule has 0 aliphatic carbocycles. The lowest BCUT2D eigenvalue weighted by molar-refractivity contribution is -0.384. The van der Waals surface area contributed by atoms with Gasteiger partial charge in [-0.25, -0.2) is 9.79 Å². The van der Waals surface area contributed by atoms with Gasteiger partial charge in [0.25, 0.3) is 11.2 Å². The number of benzene rings is 3. The highest BCUT2D eigenvalue weighted by Crippen LogP contribution is 2.31. The van der Waals surface area contributed by atoms with E-state index in [2.05, 4.69) is 4.99 Å². The van der Waals surface area contributed by atoms with Crippen LogP contribution in [0.3, 0.4) is 0 Å². The van der Waals surface area contributed by atoms with E-state index >= 15 is 0 Å². The predicted molar refractivity (Wildman–Crippen MR) is 157 cm³/mol. The van der Waals surface area contributed by atoms with Crippen molar-refractivity contribution >= 4 is 29.1 Å². The lowest BCUT2D eigenvalue weighted by Gasteiger charge is -2.24. The Morgan fingerprint density at radius 1 is 1.05 bits per heavy atom. The van der Waals surface area contributed by atoms with Gasteiger partial charge in [-0.1, -0.05) is 35.6 Å². The second kappa shape index (κ2) is 12.2. The molecule has 3 aromatic carbocycles. The maximum absolute atomic E-state index is 13.8. The number of hydrogen-bond acceptors (Lipinski definition) is 9. The van der Waals surface area contributed by atoms with E-state index in [1.165, 1.54) is 23.5 Å². The normalized spacial score (nSPS) is 14.6. The molecule has 0 saturated heterocycles. The summed E-state index contributed by atoms with van der Waals surface area (Å²) < 4.78 is 18.4. The van der Waals surface area contributed by atoms with Crippen LogP contribution < -0.4 is 24.4 Å². The number of ether oxygens (including phenoxy) is 3. The van der Waals surface area contributed by atoms with Crippen LogP contribution in [0, 0.1) is 10.1 Å². The van der Waals surface area contributed by atoms with Gasteiger partial charge in [-0.15, -0.1) is 0 Å². The Labute approximate surface area is 244 Å². The number of carbonyl (C=O) groups excluding carboxylic acids is 1. The average molecular weight is 586 g/mol. The highest BCUT2D eigenvalue weighted by molar-refractivity contribution is 7.07. The fourth-order valence-electron chi connectivity index (χ4n) is 4.59. The minimum absolute atomic E-state index is 0.0241. The van der Waals surface area contributed by atoms with Crippen molar-refractivity contribution in [1.29, 1.82) is 0 Å². The van der Waals surface area contributed by atoms with E-state index in [0.717, 1.165) is 16.7 Å². The first-order valence-corrected chi connectivity index (χ1v) is 13.9. The summed E-state index contributed by atoms with van der Waals surface area (Å²) in [6.07, 6.45) is 1.78. The number of aromatic nitrogens is 1. The van der Waals surface area contributed by atoms with Crippen molar-refractivity contribution in [3.63, 3.8) is 0 Å². The number of nitrogens with zero attached hydrogens (tertiary/aromatic N) is 3. The third-order valence-electron chi connectivity index (χ3n) is 6.68. The monoisotopic (exact) mass is 585 g/mol. The largest absolute Gasteiger partial charge is 0.497 e. The summed E-state index contributed by atoms with van der Waals surface area (Å²) in [5.41, 5.74) is 2.88. The number of fused-ring (bicyclic) bond motifs is 1. The van der Waals surface area contributed by atoms with Crippen molar-refractivity contribution in [2.24, 2.45) is 4.99 Å². The minimum atomic E-state index is -0.705. The summed E-state index contributed by atoms with van der Waals surface area (Å²) >= 11 is 1.25. The van der Waals surface area contributed by atoms with Crippen molar-refractivity contribution in [1.82, 2.24) is 4.57 Å². The van der Waals surface area contributed by atoms with Crippen LogP contribution >= 0.6 is 11.3 Å². The maximum atomic E-state index is 13.8. The summed E-state index contributed by atoms with van der Waals surface area (Å²) in [6.45, 7) is 3.93. The first-order valence-electron chi connectivity index (χ1n) is 13.1. The van der Waals surface area contributed by atoms with Gasteiger partial charge >= 0.3 is 5.97 Å². The molecule has 2 heterocycles. The van der Waals surface area contributed by atoms with Crippen LogP contribution in [-0.4, -0.2) is 29.2 Å². The molecule has 11 heteroatoms. The molecular weight excluding hydrogens is 558 g/mol. The third kappa shape index (κ3) is 5.86. The van der Waals surface area contributed by atoms with Crippen LogP contribution in [0.2, 0.25) is 0 Å². The summed E-state index contributed by atoms with van der Waals surface area (Å²) in [7, 11) is 1.57. The molecule has 0 amide bonds. The van der Waals surface area contributed by atoms with Gasteiger partial charge in [0, 0.05) is 12.1 Å². The molecule has 0 fully saturated rings. The number of nitro groups is 1. The molecule has 1 unspecified atom stereocenters. The quantitative estimate of drug-likeness (QED) is 0.163. The number of carbonyl (C=O) groups is 1. The van der Waals surface area contributed by atoms with Crippen molar-refractivity contribution in [3.05, 3.63) is 131 Å². The zero-order chi connectivity index (χ0) is 29.8. The minimum Gasteiger partial charge on any atom is -0.497 e. The molecular formula is C31H27N3O7S. The highest BCUT2D eigenvalue weighted by Gasteiger charge is 2.33. The number of rotatable bonds is 9. The summed E-state index contributed by atoms with van der Waals surface area (Å²) in [5, 5.41) is 10.8. The van der Waals surface area contributed by atoms with E-state index in [9.17, 15) is 19.7 Å². The molecule has 0 spiro atoms. The fourth-order valence-corrected chi connectivity index (χ4v) is 5.63. The first kappa shape index (κ1) is 28.5. The molecule has 0 saturated carbocycles. The molecule has 1 aliphatic heterocycles. The Balaban J connectivity index is 1.45. The van der Waals surface area contributed by atoms with Gasteiger partial charge in [-0.3, -0.25) is 19.5 Å². The standard InChI is InChI=1S/C31H27N3O7S/c1-4-40-30(36)27-19(2)32-31-33(28(27)22-9-15-24(39-3)16-10-22)29(35)26(42-31)17-20-7-13-25(14-8-20)41-18-21-5-11-23(12-6-21)34(37)38/h5-17,28H,4,18H2,1-3H3/b26-17+. The number of non-ortho nitro benzene ring substituents is 1. The van der Waals surface area contributed by atoms with Crippen LogP contribution in [0.15, 0.2) is 93.9 Å².